The number of hydrogen-bond donors (Lipinski definition) is 0. The van der Waals surface area contributed by atoms with Crippen LogP contribution < -0.4 is 4.74 Å². The van der Waals surface area contributed by atoms with Crippen LogP contribution in [0.15, 0.2) is 42.5 Å². The molecule has 120 valence electrons. The Labute approximate surface area is 139 Å². The van der Waals surface area contributed by atoms with E-state index in [1.165, 1.54) is 18.2 Å². The molecule has 0 amide bonds. The number of hydrogen-bond acceptors (Lipinski definition) is 4. The molecular weight excluding hydrogens is 318 g/mol. The van der Waals surface area contributed by atoms with Gasteiger partial charge in [-0.15, -0.1) is 0 Å². The quantitative estimate of drug-likeness (QED) is 0.437. The Balaban J connectivity index is 2.26. The van der Waals surface area contributed by atoms with E-state index in [-0.39, 0.29) is 29.7 Å². The van der Waals surface area contributed by atoms with Crippen LogP contribution in [0.5, 0.6) is 5.75 Å². The highest BCUT2D eigenvalue weighted by Crippen LogP contribution is 2.30. The van der Waals surface area contributed by atoms with Crippen molar-refractivity contribution < 1.29 is 14.5 Å². The molecule has 0 bridgehead atoms. The fourth-order valence-electron chi connectivity index (χ4n) is 2.04. The first kappa shape index (κ1) is 17.0. The summed E-state index contributed by atoms with van der Waals surface area (Å²) in [7, 11) is 0. The van der Waals surface area contributed by atoms with E-state index in [0.29, 0.717) is 10.6 Å². The van der Waals surface area contributed by atoms with Crippen molar-refractivity contribution in [3.63, 3.8) is 0 Å². The van der Waals surface area contributed by atoms with Crippen LogP contribution in [-0.4, -0.2) is 10.7 Å². The minimum atomic E-state index is -0.557. The highest BCUT2D eigenvalue weighted by molar-refractivity contribution is 6.31. The largest absolute Gasteiger partial charge is 0.482 e. The predicted molar refractivity (Wildman–Crippen MR) is 88.0 cm³/mol. The van der Waals surface area contributed by atoms with Crippen LogP contribution in [0, 0.1) is 16.0 Å². The first-order chi connectivity index (χ1) is 10.9. The van der Waals surface area contributed by atoms with Gasteiger partial charge in [0, 0.05) is 28.1 Å². The zero-order valence-electron chi connectivity index (χ0n) is 12.8. The fourth-order valence-corrected chi connectivity index (χ4v) is 2.23. The third-order valence-corrected chi connectivity index (χ3v) is 3.67. The van der Waals surface area contributed by atoms with E-state index in [2.05, 4.69) is 0 Å². The van der Waals surface area contributed by atoms with Crippen molar-refractivity contribution in [1.82, 2.24) is 0 Å². The minimum absolute atomic E-state index is 0.107. The van der Waals surface area contributed by atoms with E-state index in [9.17, 15) is 14.9 Å². The Kier molecular flexibility index (Phi) is 5.34. The number of benzene rings is 2. The molecule has 0 N–H and O–H groups in total. The lowest BCUT2D eigenvalue weighted by Crippen LogP contribution is -2.08. The zero-order valence-corrected chi connectivity index (χ0v) is 13.5. The third-order valence-electron chi connectivity index (χ3n) is 3.31. The normalized spacial score (nSPS) is 10.6. The molecular formula is C17H16ClNO4. The predicted octanol–water partition coefficient (Wildman–Crippen LogP) is 4.67. The number of nitro groups is 1. The number of rotatable bonds is 6. The molecule has 0 saturated carbocycles. The Morgan fingerprint density at radius 3 is 2.57 bits per heavy atom. The fraction of sp³-hybridized carbons (Fsp3) is 0.235. The van der Waals surface area contributed by atoms with Crippen molar-refractivity contribution in [3.8, 4) is 5.75 Å². The van der Waals surface area contributed by atoms with Crippen LogP contribution in [0.2, 0.25) is 5.02 Å². The van der Waals surface area contributed by atoms with Crippen LogP contribution in [0.25, 0.3) is 0 Å². The Morgan fingerprint density at radius 2 is 1.96 bits per heavy atom. The van der Waals surface area contributed by atoms with Crippen LogP contribution in [0.4, 0.5) is 5.69 Å². The Bertz CT molecular complexity index is 743. The number of Topliss-reactive ketones (excluding diaryl/α,β-unsaturated/α-hetero) is 1. The molecule has 2 aromatic rings. The molecule has 2 rings (SSSR count). The lowest BCUT2D eigenvalue weighted by atomic mass is 10.0. The molecule has 0 aromatic heterocycles. The van der Waals surface area contributed by atoms with Gasteiger partial charge in [-0.05, 0) is 18.2 Å². The Hall–Kier alpha value is -2.40. The van der Waals surface area contributed by atoms with Gasteiger partial charge < -0.3 is 4.74 Å². The molecule has 6 heteroatoms. The molecule has 0 aliphatic heterocycles. The number of ether oxygens (including phenoxy) is 1. The van der Waals surface area contributed by atoms with Crippen molar-refractivity contribution in [3.05, 3.63) is 68.7 Å². The van der Waals surface area contributed by atoms with Crippen molar-refractivity contribution in [1.29, 1.82) is 0 Å². The molecule has 0 atom stereocenters. The van der Waals surface area contributed by atoms with Crippen molar-refractivity contribution >= 4 is 23.1 Å². The van der Waals surface area contributed by atoms with Gasteiger partial charge in [-0.1, -0.05) is 43.6 Å². The summed E-state index contributed by atoms with van der Waals surface area (Å²) in [6, 6.07) is 11.3. The highest BCUT2D eigenvalue weighted by atomic mass is 35.5. The van der Waals surface area contributed by atoms with Gasteiger partial charge in [0.2, 0.25) is 0 Å². The number of ketones is 1. The van der Waals surface area contributed by atoms with Gasteiger partial charge in [-0.2, -0.15) is 0 Å². The van der Waals surface area contributed by atoms with Gasteiger partial charge >= 0.3 is 5.69 Å². The molecule has 0 heterocycles. The summed E-state index contributed by atoms with van der Waals surface area (Å²) in [5.74, 6) is -0.273. The van der Waals surface area contributed by atoms with E-state index in [0.717, 1.165) is 5.56 Å². The molecule has 0 spiro atoms. The molecule has 0 radical (unpaired) electrons. The second-order valence-electron chi connectivity index (χ2n) is 5.34. The summed E-state index contributed by atoms with van der Waals surface area (Å²) in [5, 5.41) is 11.8. The second-order valence-corrected chi connectivity index (χ2v) is 5.75. The van der Waals surface area contributed by atoms with Crippen LogP contribution in [-0.2, 0) is 6.61 Å². The summed E-state index contributed by atoms with van der Waals surface area (Å²) in [6.07, 6.45) is 0. The van der Waals surface area contributed by atoms with E-state index in [1.807, 2.05) is 6.07 Å². The maximum atomic E-state index is 12.0. The third kappa shape index (κ3) is 4.07. The SMILES string of the molecule is CC(C)C(=O)c1ccc(OCc2ccccc2Cl)c([N+](=O)[O-])c1. The molecule has 0 unspecified atom stereocenters. The smallest absolute Gasteiger partial charge is 0.311 e. The number of nitro benzene ring substituents is 1. The molecule has 0 fully saturated rings. The highest BCUT2D eigenvalue weighted by Gasteiger charge is 2.20. The molecule has 0 aliphatic rings. The lowest BCUT2D eigenvalue weighted by molar-refractivity contribution is -0.386. The number of carbonyl (C=O) groups is 1. The number of nitrogens with zero attached hydrogens (tertiary/aromatic N) is 1. The molecule has 2 aromatic carbocycles. The van der Waals surface area contributed by atoms with Crippen LogP contribution in [0.3, 0.4) is 0 Å². The van der Waals surface area contributed by atoms with Crippen LogP contribution in [0.1, 0.15) is 29.8 Å². The average Bonchev–Trinajstić information content (AvgIpc) is 2.53. The molecule has 23 heavy (non-hydrogen) atoms. The number of halogens is 1. The van der Waals surface area contributed by atoms with E-state index >= 15 is 0 Å². The van der Waals surface area contributed by atoms with Crippen molar-refractivity contribution in [2.45, 2.75) is 20.5 Å². The summed E-state index contributed by atoms with van der Waals surface area (Å²) >= 11 is 6.04. The first-order valence-corrected chi connectivity index (χ1v) is 7.46. The summed E-state index contributed by atoms with van der Waals surface area (Å²) < 4.78 is 5.52. The van der Waals surface area contributed by atoms with Crippen molar-refractivity contribution in [2.24, 2.45) is 5.92 Å². The monoisotopic (exact) mass is 333 g/mol. The topological polar surface area (TPSA) is 69.4 Å². The van der Waals surface area contributed by atoms with E-state index in [1.54, 1.807) is 32.0 Å². The second kappa shape index (κ2) is 7.24. The Morgan fingerprint density at radius 1 is 1.26 bits per heavy atom. The molecule has 0 saturated heterocycles. The van der Waals surface area contributed by atoms with Gasteiger partial charge in [0.05, 0.1) is 4.92 Å². The maximum Gasteiger partial charge on any atom is 0.311 e. The van der Waals surface area contributed by atoms with Gasteiger partial charge in [0.1, 0.15) is 6.61 Å². The minimum Gasteiger partial charge on any atom is -0.482 e. The maximum absolute atomic E-state index is 12.0. The summed E-state index contributed by atoms with van der Waals surface area (Å²) in [5.41, 5.74) is 0.797. The molecule has 5 nitrogen and oxygen atoms in total. The average molecular weight is 334 g/mol. The van der Waals surface area contributed by atoms with Gasteiger partial charge in [0.15, 0.2) is 11.5 Å². The van der Waals surface area contributed by atoms with E-state index in [4.69, 9.17) is 16.3 Å². The lowest BCUT2D eigenvalue weighted by Gasteiger charge is -2.10. The van der Waals surface area contributed by atoms with Crippen LogP contribution >= 0.6 is 11.6 Å². The van der Waals surface area contributed by atoms with Gasteiger partial charge in [-0.3, -0.25) is 14.9 Å². The summed E-state index contributed by atoms with van der Waals surface area (Å²) in [6.45, 7) is 3.60. The summed E-state index contributed by atoms with van der Waals surface area (Å²) in [4.78, 5) is 22.7. The first-order valence-electron chi connectivity index (χ1n) is 7.09. The number of carbonyl (C=O) groups excluding carboxylic acids is 1. The molecule has 0 aliphatic carbocycles. The van der Waals surface area contributed by atoms with Gasteiger partial charge in [0.25, 0.3) is 0 Å². The van der Waals surface area contributed by atoms with E-state index < -0.39 is 4.92 Å². The van der Waals surface area contributed by atoms with Gasteiger partial charge in [-0.25, -0.2) is 0 Å². The zero-order chi connectivity index (χ0) is 17.0. The van der Waals surface area contributed by atoms with Crippen molar-refractivity contribution in [2.75, 3.05) is 0 Å². The standard InChI is InChI=1S/C17H16ClNO4/c1-11(2)17(20)12-7-8-16(15(9-12)19(21)22)23-10-13-5-3-4-6-14(13)18/h3-9,11H,10H2,1-2H3.